The fourth-order valence-electron chi connectivity index (χ4n) is 0.910. The van der Waals surface area contributed by atoms with Crippen molar-refractivity contribution in [3.63, 3.8) is 0 Å². The summed E-state index contributed by atoms with van der Waals surface area (Å²) in [6, 6.07) is 0. The molecule has 0 bridgehead atoms. The van der Waals surface area contributed by atoms with Gasteiger partial charge in [-0.05, 0) is 12.8 Å². The van der Waals surface area contributed by atoms with Crippen LogP contribution in [0.25, 0.3) is 0 Å². The lowest BCUT2D eigenvalue weighted by atomic mass is 10.1. The molecule has 0 aliphatic carbocycles. The van der Waals surface area contributed by atoms with Gasteiger partial charge in [0.1, 0.15) is 0 Å². The van der Waals surface area contributed by atoms with Gasteiger partial charge in [-0.1, -0.05) is 13.8 Å². The molecule has 0 aromatic carbocycles. The molecule has 0 aromatic rings. The molecule has 3 heteroatoms. The predicted octanol–water partition coefficient (Wildman–Crippen LogP) is 1.14. The molecule has 0 saturated carbocycles. The molecule has 60 valence electrons. The fraction of sp³-hybridized carbons (Fsp3) is 0.857. The molecule has 0 aromatic heterocycles. The molecule has 0 atom stereocenters. The van der Waals surface area contributed by atoms with Crippen LogP contribution in [0.1, 0.15) is 26.7 Å². The van der Waals surface area contributed by atoms with Crippen molar-refractivity contribution in [3.8, 4) is 0 Å². The van der Waals surface area contributed by atoms with E-state index in [9.17, 15) is 0 Å². The van der Waals surface area contributed by atoms with E-state index < -0.39 is 0 Å². The molecule has 0 heterocycles. The van der Waals surface area contributed by atoms with Crippen LogP contribution in [0.15, 0.2) is 4.99 Å². The molecule has 0 radical (unpaired) electrons. The van der Waals surface area contributed by atoms with E-state index in [2.05, 4.69) is 4.99 Å². The van der Waals surface area contributed by atoms with Crippen LogP contribution >= 0.6 is 0 Å². The molecule has 10 heavy (non-hydrogen) atoms. The molecule has 3 nitrogen and oxygen atoms in total. The Kier molecular flexibility index (Phi) is 4.03. The van der Waals surface area contributed by atoms with Gasteiger partial charge in [0.05, 0.1) is 6.34 Å². The number of nitrogens with two attached hydrogens (primary N) is 1. The highest BCUT2D eigenvalue weighted by molar-refractivity contribution is 5.51. The standard InChI is InChI=1S/C7H16N2O/c1-4-7(5-2,10-3)9-6-8/h6H,4-5H2,1-3H3,(H2,8,9). The Balaban J connectivity index is 4.15. The molecule has 0 unspecified atom stereocenters. The second kappa shape index (κ2) is 4.28. The fourth-order valence-corrected chi connectivity index (χ4v) is 0.910. The van der Waals surface area contributed by atoms with E-state index in [1.54, 1.807) is 7.11 Å². The molecule has 0 saturated heterocycles. The smallest absolute Gasteiger partial charge is 0.159 e. The minimum atomic E-state index is -0.380. The third-order valence-corrected chi connectivity index (χ3v) is 1.79. The summed E-state index contributed by atoms with van der Waals surface area (Å²) in [4.78, 5) is 4.04. The molecule has 0 amide bonds. The maximum absolute atomic E-state index is 5.20. The zero-order valence-corrected chi connectivity index (χ0v) is 6.92. The summed E-state index contributed by atoms with van der Waals surface area (Å²) in [5.74, 6) is 0. The Labute approximate surface area is 62.3 Å². The molecule has 0 aliphatic rings. The Bertz CT molecular complexity index is 99.9. The first-order valence-corrected chi connectivity index (χ1v) is 3.55. The number of hydrogen-bond acceptors (Lipinski definition) is 2. The van der Waals surface area contributed by atoms with Crippen LogP contribution in [0.4, 0.5) is 0 Å². The van der Waals surface area contributed by atoms with Crippen LogP contribution in [0.3, 0.4) is 0 Å². The monoisotopic (exact) mass is 144 g/mol. The third kappa shape index (κ3) is 1.99. The summed E-state index contributed by atoms with van der Waals surface area (Å²) in [6.07, 6.45) is 3.01. The van der Waals surface area contributed by atoms with E-state index in [0.29, 0.717) is 0 Å². The van der Waals surface area contributed by atoms with Crippen LogP contribution in [-0.4, -0.2) is 19.2 Å². The van der Waals surface area contributed by atoms with Crippen molar-refractivity contribution in [2.45, 2.75) is 32.4 Å². The van der Waals surface area contributed by atoms with Gasteiger partial charge in [0.25, 0.3) is 0 Å². The lowest BCUT2D eigenvalue weighted by Crippen LogP contribution is -2.27. The summed E-state index contributed by atoms with van der Waals surface area (Å²) < 4.78 is 5.20. The van der Waals surface area contributed by atoms with Gasteiger partial charge >= 0.3 is 0 Å². The second-order valence-electron chi connectivity index (χ2n) is 2.14. The highest BCUT2D eigenvalue weighted by Gasteiger charge is 2.22. The first-order valence-electron chi connectivity index (χ1n) is 3.55. The van der Waals surface area contributed by atoms with Crippen molar-refractivity contribution in [1.82, 2.24) is 0 Å². The quantitative estimate of drug-likeness (QED) is 0.475. The van der Waals surface area contributed by atoms with Crippen LogP contribution in [-0.2, 0) is 4.74 Å². The number of rotatable bonds is 4. The van der Waals surface area contributed by atoms with Gasteiger partial charge in [-0.25, -0.2) is 4.99 Å². The summed E-state index contributed by atoms with van der Waals surface area (Å²) >= 11 is 0. The minimum absolute atomic E-state index is 0.380. The predicted molar refractivity (Wildman–Crippen MR) is 43.0 cm³/mol. The van der Waals surface area contributed by atoms with Crippen LogP contribution in [0, 0.1) is 0 Å². The van der Waals surface area contributed by atoms with E-state index in [-0.39, 0.29) is 5.72 Å². The molecule has 0 rings (SSSR count). The highest BCUT2D eigenvalue weighted by Crippen LogP contribution is 2.19. The van der Waals surface area contributed by atoms with Gasteiger partial charge in [-0.3, -0.25) is 0 Å². The van der Waals surface area contributed by atoms with Crippen molar-refractivity contribution in [2.24, 2.45) is 10.7 Å². The lowest BCUT2D eigenvalue weighted by molar-refractivity contribution is -0.00843. The Morgan fingerprint density at radius 2 is 2.00 bits per heavy atom. The Morgan fingerprint density at radius 1 is 1.50 bits per heavy atom. The molecule has 0 spiro atoms. The minimum Gasteiger partial charge on any atom is -0.390 e. The van der Waals surface area contributed by atoms with E-state index in [1.807, 2.05) is 13.8 Å². The maximum atomic E-state index is 5.20. The Morgan fingerprint density at radius 3 is 2.10 bits per heavy atom. The van der Waals surface area contributed by atoms with Gasteiger partial charge in [-0.2, -0.15) is 0 Å². The summed E-state index contributed by atoms with van der Waals surface area (Å²) in [7, 11) is 1.65. The molecule has 0 aliphatic heterocycles. The number of hydrogen-bond donors (Lipinski definition) is 1. The number of methoxy groups -OCH3 is 1. The summed E-state index contributed by atoms with van der Waals surface area (Å²) in [5.41, 5.74) is 4.79. The lowest BCUT2D eigenvalue weighted by Gasteiger charge is -2.24. The summed E-state index contributed by atoms with van der Waals surface area (Å²) in [6.45, 7) is 4.06. The molecular formula is C7H16N2O. The summed E-state index contributed by atoms with van der Waals surface area (Å²) in [5, 5.41) is 0. The van der Waals surface area contributed by atoms with Gasteiger partial charge in [-0.15, -0.1) is 0 Å². The van der Waals surface area contributed by atoms with Crippen molar-refractivity contribution in [2.75, 3.05) is 7.11 Å². The van der Waals surface area contributed by atoms with Crippen molar-refractivity contribution >= 4 is 6.34 Å². The molecular weight excluding hydrogens is 128 g/mol. The van der Waals surface area contributed by atoms with Gasteiger partial charge in [0.2, 0.25) is 0 Å². The number of aliphatic imine (C=N–C) groups is 1. The maximum Gasteiger partial charge on any atom is 0.159 e. The van der Waals surface area contributed by atoms with Crippen molar-refractivity contribution in [1.29, 1.82) is 0 Å². The number of nitrogens with zero attached hydrogens (tertiary/aromatic N) is 1. The first kappa shape index (κ1) is 9.43. The Hall–Kier alpha value is -0.570. The average Bonchev–Trinajstić information content (AvgIpc) is 2.01. The van der Waals surface area contributed by atoms with Crippen LogP contribution < -0.4 is 5.73 Å². The average molecular weight is 144 g/mol. The van der Waals surface area contributed by atoms with Crippen LogP contribution in [0.2, 0.25) is 0 Å². The largest absolute Gasteiger partial charge is 0.390 e. The topological polar surface area (TPSA) is 47.6 Å². The van der Waals surface area contributed by atoms with Crippen molar-refractivity contribution < 1.29 is 4.74 Å². The van der Waals surface area contributed by atoms with E-state index in [0.717, 1.165) is 12.8 Å². The molecule has 2 N–H and O–H groups in total. The number of ether oxygens (including phenoxy) is 1. The third-order valence-electron chi connectivity index (χ3n) is 1.79. The second-order valence-corrected chi connectivity index (χ2v) is 2.14. The normalized spacial score (nSPS) is 12.7. The SMILES string of the molecule is CCC(CC)(N=CN)OC. The van der Waals surface area contributed by atoms with E-state index in [4.69, 9.17) is 10.5 Å². The highest BCUT2D eigenvalue weighted by atomic mass is 16.5. The van der Waals surface area contributed by atoms with Gasteiger partial charge in [0, 0.05) is 7.11 Å². The van der Waals surface area contributed by atoms with Gasteiger partial charge < -0.3 is 10.5 Å². The van der Waals surface area contributed by atoms with E-state index in [1.165, 1.54) is 6.34 Å². The van der Waals surface area contributed by atoms with E-state index >= 15 is 0 Å². The zero-order valence-electron chi connectivity index (χ0n) is 6.92. The van der Waals surface area contributed by atoms with Gasteiger partial charge in [0.15, 0.2) is 5.72 Å². The van der Waals surface area contributed by atoms with Crippen LogP contribution in [0.5, 0.6) is 0 Å². The molecule has 0 fully saturated rings. The zero-order chi connectivity index (χ0) is 8.04. The van der Waals surface area contributed by atoms with Crippen molar-refractivity contribution in [3.05, 3.63) is 0 Å². The first-order chi connectivity index (χ1) is 4.74.